The van der Waals surface area contributed by atoms with Crippen molar-refractivity contribution < 1.29 is 9.59 Å². The molecule has 1 aromatic carbocycles. The largest absolute Gasteiger partial charge is 0.335 e. The van der Waals surface area contributed by atoms with E-state index in [9.17, 15) is 9.59 Å². The van der Waals surface area contributed by atoms with Crippen molar-refractivity contribution in [1.29, 1.82) is 0 Å². The SMILES string of the molecule is O=C(CSc1nnnn1-c1ccc(Cl)cc1)NC(=O)NC1CCCCC1. The van der Waals surface area contributed by atoms with Crippen LogP contribution in [0.2, 0.25) is 5.02 Å². The molecule has 0 unspecified atom stereocenters. The number of nitrogens with one attached hydrogen (secondary N) is 2. The number of tetrazole rings is 1. The minimum Gasteiger partial charge on any atom is -0.335 e. The molecular weight excluding hydrogens is 376 g/mol. The molecule has 1 aliphatic carbocycles. The summed E-state index contributed by atoms with van der Waals surface area (Å²) in [6.45, 7) is 0. The molecule has 2 N–H and O–H groups in total. The molecule has 3 amide bonds. The van der Waals surface area contributed by atoms with Crippen molar-refractivity contribution in [3.8, 4) is 5.69 Å². The van der Waals surface area contributed by atoms with Gasteiger partial charge in [-0.1, -0.05) is 42.6 Å². The second-order valence-electron chi connectivity index (χ2n) is 5.99. The van der Waals surface area contributed by atoms with Crippen LogP contribution in [0.15, 0.2) is 29.4 Å². The molecule has 10 heteroatoms. The Bertz CT molecular complexity index is 760. The maximum Gasteiger partial charge on any atom is 0.321 e. The quantitative estimate of drug-likeness (QED) is 0.755. The van der Waals surface area contributed by atoms with Crippen LogP contribution in [0.5, 0.6) is 0 Å². The lowest BCUT2D eigenvalue weighted by Crippen LogP contribution is -2.45. The van der Waals surface area contributed by atoms with Gasteiger partial charge in [-0.2, -0.15) is 4.68 Å². The van der Waals surface area contributed by atoms with Gasteiger partial charge in [0.2, 0.25) is 11.1 Å². The molecule has 1 fully saturated rings. The lowest BCUT2D eigenvalue weighted by Gasteiger charge is -2.22. The molecule has 138 valence electrons. The monoisotopic (exact) mass is 394 g/mol. The highest BCUT2D eigenvalue weighted by Crippen LogP contribution is 2.20. The molecule has 0 aliphatic heterocycles. The Labute approximate surface area is 160 Å². The third kappa shape index (κ3) is 5.18. The number of hydrogen-bond donors (Lipinski definition) is 2. The minimum absolute atomic E-state index is 0.0338. The molecule has 26 heavy (non-hydrogen) atoms. The van der Waals surface area contributed by atoms with E-state index in [2.05, 4.69) is 26.2 Å². The number of imide groups is 1. The molecule has 0 saturated heterocycles. The normalized spacial score (nSPS) is 14.8. The zero-order chi connectivity index (χ0) is 18.4. The van der Waals surface area contributed by atoms with Crippen molar-refractivity contribution in [1.82, 2.24) is 30.8 Å². The molecule has 0 bridgehead atoms. The summed E-state index contributed by atoms with van der Waals surface area (Å²) in [5.74, 6) is -0.361. The zero-order valence-corrected chi connectivity index (χ0v) is 15.6. The summed E-state index contributed by atoms with van der Waals surface area (Å²) in [7, 11) is 0. The lowest BCUT2D eigenvalue weighted by atomic mass is 9.96. The minimum atomic E-state index is -0.445. The van der Waals surface area contributed by atoms with E-state index in [1.165, 1.54) is 11.1 Å². The number of halogens is 1. The molecule has 1 aliphatic rings. The number of aromatic nitrogens is 4. The summed E-state index contributed by atoms with van der Waals surface area (Å²) in [4.78, 5) is 23.9. The van der Waals surface area contributed by atoms with Crippen molar-refractivity contribution in [3.05, 3.63) is 29.3 Å². The Balaban J connectivity index is 1.49. The van der Waals surface area contributed by atoms with Crippen molar-refractivity contribution in [2.75, 3.05) is 5.75 Å². The predicted molar refractivity (Wildman–Crippen MR) is 98.4 cm³/mol. The molecule has 2 aromatic rings. The van der Waals surface area contributed by atoms with Crippen molar-refractivity contribution >= 4 is 35.3 Å². The Kier molecular flexibility index (Phi) is 6.45. The second-order valence-corrected chi connectivity index (χ2v) is 7.37. The van der Waals surface area contributed by atoms with Gasteiger partial charge in [-0.3, -0.25) is 10.1 Å². The van der Waals surface area contributed by atoms with E-state index in [1.54, 1.807) is 24.3 Å². The topological polar surface area (TPSA) is 102 Å². The summed E-state index contributed by atoms with van der Waals surface area (Å²) >= 11 is 7.03. The Morgan fingerprint density at radius 1 is 1.19 bits per heavy atom. The molecule has 8 nitrogen and oxygen atoms in total. The Morgan fingerprint density at radius 3 is 2.65 bits per heavy atom. The molecule has 0 atom stereocenters. The summed E-state index contributed by atoms with van der Waals surface area (Å²) in [6.07, 6.45) is 5.36. The standard InChI is InChI=1S/C16H19ClN6O2S/c17-11-6-8-13(9-7-11)23-16(20-21-22-23)26-10-14(24)19-15(25)18-12-4-2-1-3-5-12/h6-9,12H,1-5,10H2,(H2,18,19,24,25). The Morgan fingerprint density at radius 2 is 1.92 bits per heavy atom. The molecule has 0 spiro atoms. The molecule has 1 saturated carbocycles. The van der Waals surface area contributed by atoms with Crippen LogP contribution in [0.25, 0.3) is 5.69 Å². The molecule has 1 heterocycles. The van der Waals surface area contributed by atoms with Gasteiger partial charge in [0.05, 0.1) is 11.4 Å². The van der Waals surface area contributed by atoms with Crippen molar-refractivity contribution in [3.63, 3.8) is 0 Å². The highest BCUT2D eigenvalue weighted by molar-refractivity contribution is 7.99. The molecule has 0 radical (unpaired) electrons. The number of carbonyl (C=O) groups excluding carboxylic acids is 2. The first kappa shape index (κ1) is 18.7. The van der Waals surface area contributed by atoms with E-state index in [1.807, 2.05) is 0 Å². The third-order valence-corrected chi connectivity index (χ3v) is 5.21. The summed E-state index contributed by atoms with van der Waals surface area (Å²) < 4.78 is 1.51. The fourth-order valence-corrected chi connectivity index (χ4v) is 3.59. The zero-order valence-electron chi connectivity index (χ0n) is 14.0. The van der Waals surface area contributed by atoms with Crippen LogP contribution >= 0.6 is 23.4 Å². The van der Waals surface area contributed by atoms with E-state index in [0.29, 0.717) is 10.2 Å². The molecule has 1 aromatic heterocycles. The van der Waals surface area contributed by atoms with Gasteiger partial charge in [-0.05, 0) is 47.5 Å². The maximum absolute atomic E-state index is 12.0. The van der Waals surface area contributed by atoms with Gasteiger partial charge in [0.15, 0.2) is 0 Å². The first-order chi connectivity index (χ1) is 12.6. The average molecular weight is 395 g/mol. The van der Waals surface area contributed by atoms with Crippen LogP contribution in [0, 0.1) is 0 Å². The molecular formula is C16H19ClN6O2S. The van der Waals surface area contributed by atoms with Crippen molar-refractivity contribution in [2.45, 2.75) is 43.3 Å². The van der Waals surface area contributed by atoms with Crippen LogP contribution in [-0.4, -0.2) is 43.9 Å². The van der Waals surface area contributed by atoms with Gasteiger partial charge in [0.25, 0.3) is 0 Å². The van der Waals surface area contributed by atoms with Gasteiger partial charge < -0.3 is 5.32 Å². The van der Waals surface area contributed by atoms with Gasteiger partial charge >= 0.3 is 6.03 Å². The number of hydrogen-bond acceptors (Lipinski definition) is 6. The summed E-state index contributed by atoms with van der Waals surface area (Å²) in [5, 5.41) is 17.7. The maximum atomic E-state index is 12.0. The number of amides is 3. The summed E-state index contributed by atoms with van der Waals surface area (Å²) in [5.41, 5.74) is 0.734. The van der Waals surface area contributed by atoms with Gasteiger partial charge in [-0.15, -0.1) is 5.10 Å². The first-order valence-electron chi connectivity index (χ1n) is 8.39. The van der Waals surface area contributed by atoms with Crippen LogP contribution in [0.4, 0.5) is 4.79 Å². The summed E-state index contributed by atoms with van der Waals surface area (Å²) in [6, 6.07) is 6.73. The second kappa shape index (κ2) is 9.00. The number of thioether (sulfide) groups is 1. The fourth-order valence-electron chi connectivity index (χ4n) is 2.77. The average Bonchev–Trinajstić information content (AvgIpc) is 3.10. The van der Waals surface area contributed by atoms with Gasteiger partial charge in [0, 0.05) is 11.1 Å². The third-order valence-electron chi connectivity index (χ3n) is 4.04. The predicted octanol–water partition coefficient (Wildman–Crippen LogP) is 2.57. The number of rotatable bonds is 5. The lowest BCUT2D eigenvalue weighted by molar-refractivity contribution is -0.117. The first-order valence-corrected chi connectivity index (χ1v) is 9.75. The number of urea groups is 1. The van der Waals surface area contributed by atoms with Crippen LogP contribution < -0.4 is 10.6 Å². The molecule has 3 rings (SSSR count). The van der Waals surface area contributed by atoms with E-state index >= 15 is 0 Å². The fraction of sp³-hybridized carbons (Fsp3) is 0.438. The van der Waals surface area contributed by atoms with Crippen LogP contribution in [-0.2, 0) is 4.79 Å². The van der Waals surface area contributed by atoms with Crippen LogP contribution in [0.3, 0.4) is 0 Å². The van der Waals surface area contributed by atoms with E-state index < -0.39 is 11.9 Å². The highest BCUT2D eigenvalue weighted by atomic mass is 35.5. The van der Waals surface area contributed by atoms with Gasteiger partial charge in [0.1, 0.15) is 0 Å². The van der Waals surface area contributed by atoms with Crippen molar-refractivity contribution in [2.24, 2.45) is 0 Å². The smallest absolute Gasteiger partial charge is 0.321 e. The van der Waals surface area contributed by atoms with Crippen LogP contribution in [0.1, 0.15) is 32.1 Å². The number of benzene rings is 1. The highest BCUT2D eigenvalue weighted by Gasteiger charge is 2.18. The van der Waals surface area contributed by atoms with E-state index in [-0.39, 0.29) is 11.8 Å². The number of carbonyl (C=O) groups is 2. The Hall–Kier alpha value is -2.13. The van der Waals surface area contributed by atoms with E-state index in [4.69, 9.17) is 11.6 Å². The number of nitrogens with zero attached hydrogens (tertiary/aromatic N) is 4. The van der Waals surface area contributed by atoms with E-state index in [0.717, 1.165) is 43.1 Å². The van der Waals surface area contributed by atoms with Gasteiger partial charge in [-0.25, -0.2) is 4.79 Å².